The van der Waals surface area contributed by atoms with Gasteiger partial charge in [0.2, 0.25) is 0 Å². The predicted molar refractivity (Wildman–Crippen MR) is 423 cm³/mol. The predicted octanol–water partition coefficient (Wildman–Crippen LogP) is 25.5. The number of aliphatic hydroxyl groups excluding tert-OH is 1. The van der Waals surface area contributed by atoms with Gasteiger partial charge in [-0.05, 0) is 37.5 Å². The third-order valence-corrected chi connectivity index (χ3v) is 21.6. The van der Waals surface area contributed by atoms with Crippen LogP contribution < -0.4 is 0 Å². The van der Waals surface area contributed by atoms with Crippen molar-refractivity contribution in [3.05, 3.63) is 0 Å². The van der Waals surface area contributed by atoms with E-state index in [4.69, 9.17) is 37.0 Å². The summed E-state index contributed by atoms with van der Waals surface area (Å²) >= 11 is 0. The van der Waals surface area contributed by atoms with Gasteiger partial charge >= 0.3 is 39.5 Å². The lowest BCUT2D eigenvalue weighted by Crippen LogP contribution is -2.30. The fraction of sp³-hybridized carbons (Fsp3) is 0.952. The molecule has 0 rings (SSSR count). The Morgan fingerprint density at radius 3 is 0.660 bits per heavy atom. The van der Waals surface area contributed by atoms with Crippen LogP contribution in [-0.2, 0) is 65.4 Å². The first-order chi connectivity index (χ1) is 49.9. The number of carbonyl (C=O) groups is 4. The second-order valence-electron chi connectivity index (χ2n) is 31.2. The van der Waals surface area contributed by atoms with Crippen LogP contribution in [0.5, 0.6) is 0 Å². The number of carbonyl (C=O) groups excluding carboxylic acids is 4. The van der Waals surface area contributed by atoms with E-state index >= 15 is 0 Å². The van der Waals surface area contributed by atoms with Crippen molar-refractivity contribution in [2.45, 2.75) is 464 Å². The molecule has 103 heavy (non-hydrogen) atoms. The third kappa shape index (κ3) is 78.0. The Morgan fingerprint density at radius 2 is 0.447 bits per heavy atom. The van der Waals surface area contributed by atoms with Gasteiger partial charge in [0.05, 0.1) is 26.4 Å². The van der Waals surface area contributed by atoms with Crippen LogP contribution in [0.1, 0.15) is 446 Å². The van der Waals surface area contributed by atoms with E-state index < -0.39 is 97.5 Å². The second-order valence-corrected chi connectivity index (χ2v) is 34.1. The van der Waals surface area contributed by atoms with Gasteiger partial charge in [0.25, 0.3) is 0 Å². The van der Waals surface area contributed by atoms with Gasteiger partial charge in [-0.2, -0.15) is 0 Å². The van der Waals surface area contributed by atoms with Crippen molar-refractivity contribution in [3.8, 4) is 0 Å². The van der Waals surface area contributed by atoms with Crippen molar-refractivity contribution >= 4 is 39.5 Å². The molecular formula is C84H164O17P2. The van der Waals surface area contributed by atoms with Gasteiger partial charge < -0.3 is 33.8 Å². The highest BCUT2D eigenvalue weighted by molar-refractivity contribution is 7.47. The highest BCUT2D eigenvalue weighted by Crippen LogP contribution is 2.45. The van der Waals surface area contributed by atoms with Crippen LogP contribution in [0.15, 0.2) is 0 Å². The SMILES string of the molecule is CCCCCCCCCCCCCCCCCCCC(=O)OC[C@H](COP(=O)(O)OC[C@@H](O)COP(=O)(O)OC[C@@H](COC(=O)CCCCCCCCCCCC(C)C)OC(=O)CCCCCCCCCCCCCCCCCC)OC(=O)CCCCCCCCCCCCCCCCCC(C)C. The molecule has 19 heteroatoms. The summed E-state index contributed by atoms with van der Waals surface area (Å²) in [7, 11) is -9.93. The monoisotopic (exact) mass is 1510 g/mol. The lowest BCUT2D eigenvalue weighted by atomic mass is 10.0. The zero-order valence-electron chi connectivity index (χ0n) is 67.6. The van der Waals surface area contributed by atoms with Gasteiger partial charge in [0.1, 0.15) is 19.3 Å². The van der Waals surface area contributed by atoms with Crippen LogP contribution in [0.4, 0.5) is 0 Å². The van der Waals surface area contributed by atoms with Crippen molar-refractivity contribution in [2.75, 3.05) is 39.6 Å². The minimum Gasteiger partial charge on any atom is -0.462 e. The summed E-state index contributed by atoms with van der Waals surface area (Å²) < 4.78 is 68.9. The standard InChI is InChI=1S/C84H164O17P2/c1-7-9-11-13-15-17-19-21-23-25-29-32-36-42-48-54-60-66-81(86)94-72-79(100-83(88)69-63-57-51-44-38-34-30-26-27-31-35-40-46-52-58-64-76(3)4)74-98-102(90,91)96-70-78(85)71-97-103(92,93)99-75-80(73-95-82(87)67-61-55-49-45-39-41-47-53-59-65-77(5)6)101-84(89)68-62-56-50-43-37-33-28-24-22-20-18-16-14-12-10-8-2/h76-80,85H,7-75H2,1-6H3,(H,90,91)(H,92,93)/t78-,79-,80-/m1/s1. The maximum Gasteiger partial charge on any atom is 0.472 e. The number of unbranched alkanes of at least 4 members (excludes halogenated alkanes) is 53. The molecule has 0 saturated carbocycles. The normalized spacial score (nSPS) is 13.9. The van der Waals surface area contributed by atoms with Crippen molar-refractivity contribution in [3.63, 3.8) is 0 Å². The molecule has 612 valence electrons. The number of phosphoric ester groups is 2. The van der Waals surface area contributed by atoms with Crippen LogP contribution in [-0.4, -0.2) is 96.7 Å². The van der Waals surface area contributed by atoms with Crippen molar-refractivity contribution in [1.29, 1.82) is 0 Å². The lowest BCUT2D eigenvalue weighted by Gasteiger charge is -2.21. The van der Waals surface area contributed by atoms with E-state index in [1.54, 1.807) is 0 Å². The topological polar surface area (TPSA) is 237 Å². The summed E-state index contributed by atoms with van der Waals surface area (Å²) in [6, 6.07) is 0. The minimum absolute atomic E-state index is 0.108. The average molecular weight is 1510 g/mol. The molecule has 0 spiro atoms. The fourth-order valence-electron chi connectivity index (χ4n) is 13.1. The van der Waals surface area contributed by atoms with E-state index in [-0.39, 0.29) is 25.7 Å². The first-order valence-corrected chi connectivity index (χ1v) is 46.5. The molecule has 5 atom stereocenters. The molecule has 0 aliphatic rings. The molecule has 0 aromatic heterocycles. The van der Waals surface area contributed by atoms with Crippen LogP contribution in [0.3, 0.4) is 0 Å². The highest BCUT2D eigenvalue weighted by atomic mass is 31.2. The minimum atomic E-state index is -4.96. The molecule has 0 saturated heterocycles. The summed E-state index contributed by atoms with van der Waals surface area (Å²) in [5.41, 5.74) is 0. The number of ether oxygens (including phenoxy) is 4. The number of hydrogen-bond donors (Lipinski definition) is 3. The summed E-state index contributed by atoms with van der Waals surface area (Å²) in [6.45, 7) is 9.67. The van der Waals surface area contributed by atoms with Gasteiger partial charge in [0.15, 0.2) is 12.2 Å². The Hall–Kier alpha value is -1.94. The fourth-order valence-corrected chi connectivity index (χ4v) is 14.6. The van der Waals surface area contributed by atoms with Gasteiger partial charge in [0, 0.05) is 25.7 Å². The van der Waals surface area contributed by atoms with Crippen LogP contribution >= 0.6 is 15.6 Å². The van der Waals surface area contributed by atoms with E-state index in [0.717, 1.165) is 102 Å². The summed E-state index contributed by atoms with van der Waals surface area (Å²) in [4.78, 5) is 73.2. The van der Waals surface area contributed by atoms with Gasteiger partial charge in [-0.15, -0.1) is 0 Å². The molecule has 3 N–H and O–H groups in total. The van der Waals surface area contributed by atoms with Crippen molar-refractivity contribution < 1.29 is 80.2 Å². The zero-order chi connectivity index (χ0) is 75.6. The molecular weight excluding hydrogens is 1340 g/mol. The van der Waals surface area contributed by atoms with E-state index in [9.17, 15) is 43.2 Å². The van der Waals surface area contributed by atoms with E-state index in [1.807, 2.05) is 0 Å². The van der Waals surface area contributed by atoms with Gasteiger partial charge in [-0.3, -0.25) is 37.3 Å². The number of rotatable bonds is 83. The van der Waals surface area contributed by atoms with Crippen LogP contribution in [0.2, 0.25) is 0 Å². The lowest BCUT2D eigenvalue weighted by molar-refractivity contribution is -0.161. The largest absolute Gasteiger partial charge is 0.472 e. The maximum atomic E-state index is 13.1. The summed E-state index contributed by atoms with van der Waals surface area (Å²) in [6.07, 6.45) is 66.5. The van der Waals surface area contributed by atoms with Crippen molar-refractivity contribution in [1.82, 2.24) is 0 Å². The Morgan fingerprint density at radius 1 is 0.262 bits per heavy atom. The molecule has 0 fully saturated rings. The zero-order valence-corrected chi connectivity index (χ0v) is 69.4. The second kappa shape index (κ2) is 75.5. The molecule has 0 aromatic rings. The highest BCUT2D eigenvalue weighted by Gasteiger charge is 2.30. The van der Waals surface area contributed by atoms with Crippen LogP contribution in [0.25, 0.3) is 0 Å². The Labute approximate surface area is 632 Å². The molecule has 2 unspecified atom stereocenters. The molecule has 0 aromatic carbocycles. The molecule has 0 radical (unpaired) electrons. The van der Waals surface area contributed by atoms with E-state index in [1.165, 1.54) is 263 Å². The Bertz CT molecular complexity index is 1980. The Balaban J connectivity index is 5.26. The van der Waals surface area contributed by atoms with E-state index in [0.29, 0.717) is 25.7 Å². The molecule has 0 heterocycles. The van der Waals surface area contributed by atoms with E-state index in [2.05, 4.69) is 41.5 Å². The number of hydrogen-bond acceptors (Lipinski definition) is 15. The van der Waals surface area contributed by atoms with Gasteiger partial charge in [-0.25, -0.2) is 9.13 Å². The number of phosphoric acid groups is 2. The number of esters is 4. The van der Waals surface area contributed by atoms with Gasteiger partial charge in [-0.1, -0.05) is 395 Å². The molecule has 17 nitrogen and oxygen atoms in total. The quantitative estimate of drug-likeness (QED) is 0.0222. The van der Waals surface area contributed by atoms with Crippen LogP contribution in [0, 0.1) is 11.8 Å². The average Bonchev–Trinajstić information content (AvgIpc) is 0.921. The Kier molecular flexibility index (Phi) is 74.1. The molecule has 0 amide bonds. The molecule has 0 aliphatic heterocycles. The third-order valence-electron chi connectivity index (χ3n) is 19.7. The maximum absolute atomic E-state index is 13.1. The molecule has 0 aliphatic carbocycles. The summed E-state index contributed by atoms with van der Waals surface area (Å²) in [5.74, 6) is -0.556. The smallest absolute Gasteiger partial charge is 0.462 e. The first-order valence-electron chi connectivity index (χ1n) is 43.5. The summed E-state index contributed by atoms with van der Waals surface area (Å²) in [5, 5.41) is 10.7. The molecule has 0 bridgehead atoms. The first kappa shape index (κ1) is 101. The number of aliphatic hydroxyl groups is 1. The van der Waals surface area contributed by atoms with Crippen molar-refractivity contribution in [2.24, 2.45) is 11.8 Å².